The van der Waals surface area contributed by atoms with Gasteiger partial charge in [0.2, 0.25) is 0 Å². The summed E-state index contributed by atoms with van der Waals surface area (Å²) in [6.45, 7) is 0. The zero-order valence-corrected chi connectivity index (χ0v) is 13.9. The Morgan fingerprint density at radius 2 is 1.39 bits per heavy atom. The van der Waals surface area contributed by atoms with Gasteiger partial charge in [-0.3, -0.25) is 0 Å². The van der Waals surface area contributed by atoms with Gasteiger partial charge < -0.3 is 0 Å². The molecule has 0 spiro atoms. The molecule has 0 aromatic heterocycles. The largest absolute Gasteiger partial charge is 0.0925 e. The molecule has 2 aromatic rings. The predicted molar refractivity (Wildman–Crippen MR) is 90.3 cm³/mol. The van der Waals surface area contributed by atoms with Crippen LogP contribution in [-0.4, -0.2) is 5.33 Å². The van der Waals surface area contributed by atoms with Gasteiger partial charge in [0.1, 0.15) is 0 Å². The molecule has 2 aromatic carbocycles. The summed E-state index contributed by atoms with van der Waals surface area (Å²) in [5.41, 5.74) is 2.85. The van der Waals surface area contributed by atoms with E-state index in [9.17, 15) is 0 Å². The molecule has 18 heavy (non-hydrogen) atoms. The Hall–Kier alpha value is -0.350. The van der Waals surface area contributed by atoms with Gasteiger partial charge in [0.25, 0.3) is 0 Å². The molecular formula is C16H16BrI. The lowest BCUT2D eigenvalue weighted by molar-refractivity contribution is 0.591. The Morgan fingerprint density at radius 3 is 1.94 bits per heavy atom. The lowest BCUT2D eigenvalue weighted by Gasteiger charge is -2.14. The van der Waals surface area contributed by atoms with E-state index in [0.29, 0.717) is 5.92 Å². The standard InChI is InChI=1S/C16H16BrI/c17-12-15(10-13-4-2-1-3-5-13)11-14-6-8-16(18)9-7-14/h1-9,15H,10-12H2. The van der Waals surface area contributed by atoms with Crippen LogP contribution in [0.1, 0.15) is 11.1 Å². The number of hydrogen-bond donors (Lipinski definition) is 0. The molecule has 0 aliphatic rings. The normalized spacial score (nSPS) is 12.3. The third kappa shape index (κ3) is 4.39. The van der Waals surface area contributed by atoms with E-state index >= 15 is 0 Å². The monoisotopic (exact) mass is 414 g/mol. The fourth-order valence-corrected chi connectivity index (χ4v) is 2.90. The van der Waals surface area contributed by atoms with Crippen LogP contribution in [0, 0.1) is 9.49 Å². The molecule has 0 nitrogen and oxygen atoms in total. The second-order valence-corrected chi connectivity index (χ2v) is 6.43. The first kappa shape index (κ1) is 14.1. The lowest BCUT2D eigenvalue weighted by Crippen LogP contribution is -2.09. The van der Waals surface area contributed by atoms with Gasteiger partial charge in [-0.15, -0.1) is 0 Å². The van der Waals surface area contributed by atoms with Gasteiger partial charge in [0.15, 0.2) is 0 Å². The molecule has 0 saturated heterocycles. The minimum atomic E-state index is 0.660. The average Bonchev–Trinajstić information content (AvgIpc) is 2.41. The van der Waals surface area contributed by atoms with Gasteiger partial charge in [-0.1, -0.05) is 58.4 Å². The fourth-order valence-electron chi connectivity index (χ4n) is 2.08. The van der Waals surface area contributed by atoms with Gasteiger partial charge in [-0.2, -0.15) is 0 Å². The van der Waals surface area contributed by atoms with E-state index in [1.54, 1.807) is 0 Å². The number of rotatable bonds is 5. The molecule has 0 radical (unpaired) electrons. The van der Waals surface area contributed by atoms with Crippen LogP contribution >= 0.6 is 38.5 Å². The van der Waals surface area contributed by atoms with Crippen molar-refractivity contribution in [1.82, 2.24) is 0 Å². The van der Waals surface area contributed by atoms with Crippen molar-refractivity contribution in [3.05, 3.63) is 69.3 Å². The second kappa shape index (κ2) is 7.29. The van der Waals surface area contributed by atoms with Crippen LogP contribution < -0.4 is 0 Å². The summed E-state index contributed by atoms with van der Waals surface area (Å²) in [7, 11) is 0. The summed E-state index contributed by atoms with van der Waals surface area (Å²) < 4.78 is 1.30. The molecule has 94 valence electrons. The van der Waals surface area contributed by atoms with E-state index in [0.717, 1.165) is 18.2 Å². The molecule has 0 saturated carbocycles. The molecule has 1 atom stereocenters. The van der Waals surface area contributed by atoms with Gasteiger partial charge in [0.05, 0.1) is 0 Å². The van der Waals surface area contributed by atoms with Crippen LogP contribution in [0.15, 0.2) is 54.6 Å². The summed E-state index contributed by atoms with van der Waals surface area (Å²) in [6, 6.07) is 19.6. The molecule has 0 N–H and O–H groups in total. The van der Waals surface area contributed by atoms with Crippen LogP contribution in [0.5, 0.6) is 0 Å². The third-order valence-electron chi connectivity index (χ3n) is 3.02. The number of benzene rings is 2. The summed E-state index contributed by atoms with van der Waals surface area (Å²) in [4.78, 5) is 0. The van der Waals surface area contributed by atoms with E-state index in [1.807, 2.05) is 0 Å². The zero-order valence-electron chi connectivity index (χ0n) is 10.2. The highest BCUT2D eigenvalue weighted by atomic mass is 127. The first-order valence-corrected chi connectivity index (χ1v) is 8.32. The molecule has 0 fully saturated rings. The lowest BCUT2D eigenvalue weighted by atomic mass is 9.94. The number of halogens is 2. The Bertz CT molecular complexity index is 464. The minimum absolute atomic E-state index is 0.660. The maximum Gasteiger partial charge on any atom is 0.0130 e. The van der Waals surface area contributed by atoms with E-state index in [1.165, 1.54) is 14.7 Å². The molecule has 2 heteroatoms. The average molecular weight is 415 g/mol. The van der Waals surface area contributed by atoms with Crippen molar-refractivity contribution >= 4 is 38.5 Å². The zero-order chi connectivity index (χ0) is 12.8. The van der Waals surface area contributed by atoms with Crippen molar-refractivity contribution < 1.29 is 0 Å². The maximum absolute atomic E-state index is 3.64. The summed E-state index contributed by atoms with van der Waals surface area (Å²) in [6.07, 6.45) is 2.27. The van der Waals surface area contributed by atoms with Crippen molar-refractivity contribution in [2.75, 3.05) is 5.33 Å². The van der Waals surface area contributed by atoms with E-state index in [2.05, 4.69) is 93.1 Å². The van der Waals surface area contributed by atoms with Crippen LogP contribution in [-0.2, 0) is 12.8 Å². The quantitative estimate of drug-likeness (QED) is 0.472. The molecule has 1 unspecified atom stereocenters. The van der Waals surface area contributed by atoms with Gasteiger partial charge >= 0.3 is 0 Å². The van der Waals surface area contributed by atoms with Gasteiger partial charge in [0, 0.05) is 8.90 Å². The smallest absolute Gasteiger partial charge is 0.0130 e. The highest BCUT2D eigenvalue weighted by Crippen LogP contribution is 2.17. The minimum Gasteiger partial charge on any atom is -0.0925 e. The van der Waals surface area contributed by atoms with E-state index in [4.69, 9.17) is 0 Å². The van der Waals surface area contributed by atoms with Crippen LogP contribution in [0.2, 0.25) is 0 Å². The van der Waals surface area contributed by atoms with Crippen LogP contribution in [0.3, 0.4) is 0 Å². The van der Waals surface area contributed by atoms with Crippen molar-refractivity contribution in [3.8, 4) is 0 Å². The second-order valence-electron chi connectivity index (χ2n) is 4.54. The van der Waals surface area contributed by atoms with E-state index in [-0.39, 0.29) is 0 Å². The molecule has 0 aliphatic heterocycles. The maximum atomic E-state index is 3.64. The highest BCUT2D eigenvalue weighted by Gasteiger charge is 2.09. The predicted octanol–water partition coefficient (Wildman–Crippen LogP) is 5.09. The third-order valence-corrected chi connectivity index (χ3v) is 4.66. The Kier molecular flexibility index (Phi) is 5.70. The fraction of sp³-hybridized carbons (Fsp3) is 0.250. The summed E-state index contributed by atoms with van der Waals surface area (Å²) >= 11 is 5.99. The Labute approximate surface area is 131 Å². The molecule has 0 amide bonds. The van der Waals surface area contributed by atoms with Crippen LogP contribution in [0.4, 0.5) is 0 Å². The van der Waals surface area contributed by atoms with Gasteiger partial charge in [-0.05, 0) is 64.6 Å². The summed E-state index contributed by atoms with van der Waals surface area (Å²) in [5, 5.41) is 1.05. The molecule has 0 bridgehead atoms. The first-order valence-electron chi connectivity index (χ1n) is 6.12. The number of hydrogen-bond acceptors (Lipinski definition) is 0. The van der Waals surface area contributed by atoms with Crippen molar-refractivity contribution in [2.45, 2.75) is 12.8 Å². The Morgan fingerprint density at radius 1 is 0.833 bits per heavy atom. The molecule has 2 rings (SSSR count). The summed E-state index contributed by atoms with van der Waals surface area (Å²) in [5.74, 6) is 0.660. The van der Waals surface area contributed by atoms with Gasteiger partial charge in [-0.25, -0.2) is 0 Å². The highest BCUT2D eigenvalue weighted by molar-refractivity contribution is 14.1. The van der Waals surface area contributed by atoms with Crippen molar-refractivity contribution in [3.63, 3.8) is 0 Å². The molecule has 0 aliphatic carbocycles. The van der Waals surface area contributed by atoms with Crippen LogP contribution in [0.25, 0.3) is 0 Å². The SMILES string of the molecule is BrCC(Cc1ccccc1)Cc1ccc(I)cc1. The Balaban J connectivity index is 1.99. The first-order chi connectivity index (χ1) is 8.78. The molecule has 0 heterocycles. The molecular weight excluding hydrogens is 399 g/mol. The van der Waals surface area contributed by atoms with Crippen molar-refractivity contribution in [2.24, 2.45) is 5.92 Å². The van der Waals surface area contributed by atoms with E-state index < -0.39 is 0 Å². The number of alkyl halides is 1. The van der Waals surface area contributed by atoms with Crippen molar-refractivity contribution in [1.29, 1.82) is 0 Å². The topological polar surface area (TPSA) is 0 Å².